The molecule has 9 nitrogen and oxygen atoms in total. The first-order valence-electron chi connectivity index (χ1n) is 15.5. The quantitative estimate of drug-likeness (QED) is 0.376. The largest absolute Gasteiger partial charge is 0.384 e. The molecule has 0 radical (unpaired) electrons. The molecule has 2 aromatic heterocycles. The highest BCUT2D eigenvalue weighted by Crippen LogP contribution is 2.53. The average Bonchev–Trinajstić information content (AvgIpc) is 3.41. The highest BCUT2D eigenvalue weighted by molar-refractivity contribution is 5.71. The Bertz CT molecular complexity index is 1470. The molecule has 3 aromatic rings. The molecule has 3 aliphatic rings. The summed E-state index contributed by atoms with van der Waals surface area (Å²) in [7, 11) is 4.31. The van der Waals surface area contributed by atoms with Gasteiger partial charge in [-0.15, -0.1) is 0 Å². The molecule has 0 aliphatic carbocycles. The first-order chi connectivity index (χ1) is 20.2. The molecular formula is C34H47N7O2. The summed E-state index contributed by atoms with van der Waals surface area (Å²) in [6.45, 7) is 16.3. The Labute approximate surface area is 256 Å². The summed E-state index contributed by atoms with van der Waals surface area (Å²) in [5, 5.41) is 14.2. The average molecular weight is 586 g/mol. The molecule has 2 saturated heterocycles. The van der Waals surface area contributed by atoms with Crippen molar-refractivity contribution in [3.8, 4) is 0 Å². The molecule has 0 unspecified atom stereocenters. The van der Waals surface area contributed by atoms with Gasteiger partial charge in [-0.3, -0.25) is 0 Å². The number of nitrogens with one attached hydrogen (secondary N) is 1. The van der Waals surface area contributed by atoms with Crippen LogP contribution in [0, 0.1) is 11.8 Å². The van der Waals surface area contributed by atoms with Crippen molar-refractivity contribution in [1.82, 2.24) is 19.9 Å². The number of fused-ring (bicyclic) bond motifs is 3. The zero-order chi connectivity index (χ0) is 30.7. The number of hydrogen-bond donors (Lipinski definition) is 2. The minimum absolute atomic E-state index is 0.0822. The lowest BCUT2D eigenvalue weighted by Crippen LogP contribution is -2.54. The first kappa shape index (κ1) is 29.8. The number of hydrogen-bond acceptors (Lipinski definition) is 9. The topological polar surface area (TPSA) is 89.9 Å². The third-order valence-electron chi connectivity index (χ3n) is 9.57. The van der Waals surface area contributed by atoms with Gasteiger partial charge in [0.15, 0.2) is 0 Å². The number of benzene rings is 1. The van der Waals surface area contributed by atoms with Crippen LogP contribution in [-0.2, 0) is 15.8 Å². The second-order valence-electron chi connectivity index (χ2n) is 14.5. The van der Waals surface area contributed by atoms with Crippen LogP contribution in [0.4, 0.5) is 29.0 Å². The van der Waals surface area contributed by atoms with E-state index < -0.39 is 5.60 Å². The molecule has 9 heteroatoms. The van der Waals surface area contributed by atoms with Crippen molar-refractivity contribution in [3.63, 3.8) is 0 Å². The Morgan fingerprint density at radius 1 is 1.07 bits per heavy atom. The summed E-state index contributed by atoms with van der Waals surface area (Å²) in [6.07, 6.45) is 2.76. The molecule has 0 bridgehead atoms. The van der Waals surface area contributed by atoms with Crippen LogP contribution in [0.3, 0.4) is 0 Å². The summed E-state index contributed by atoms with van der Waals surface area (Å²) >= 11 is 0. The van der Waals surface area contributed by atoms with Gasteiger partial charge >= 0.3 is 0 Å². The Hall–Kier alpha value is -3.27. The van der Waals surface area contributed by atoms with Gasteiger partial charge in [-0.1, -0.05) is 19.9 Å². The van der Waals surface area contributed by atoms with Gasteiger partial charge in [0, 0.05) is 48.2 Å². The van der Waals surface area contributed by atoms with E-state index in [0.29, 0.717) is 30.1 Å². The second-order valence-corrected chi connectivity index (χ2v) is 14.5. The van der Waals surface area contributed by atoms with E-state index in [4.69, 9.17) is 19.7 Å². The van der Waals surface area contributed by atoms with E-state index >= 15 is 0 Å². The van der Waals surface area contributed by atoms with Crippen molar-refractivity contribution in [3.05, 3.63) is 59.9 Å². The molecule has 0 spiro atoms. The molecule has 6 rings (SSSR count). The Morgan fingerprint density at radius 3 is 2.51 bits per heavy atom. The number of aliphatic hydroxyl groups is 1. The van der Waals surface area contributed by atoms with Crippen LogP contribution in [0.2, 0.25) is 0 Å². The lowest BCUT2D eigenvalue weighted by Gasteiger charge is -2.46. The molecule has 2 N–H and O–H groups in total. The summed E-state index contributed by atoms with van der Waals surface area (Å²) in [5.74, 6) is 3.49. The fourth-order valence-corrected chi connectivity index (χ4v) is 6.99. The number of anilines is 5. The maximum Gasteiger partial charge on any atom is 0.229 e. The van der Waals surface area contributed by atoms with Gasteiger partial charge in [0.05, 0.1) is 23.9 Å². The lowest BCUT2D eigenvalue weighted by molar-refractivity contribution is -0.0893. The van der Waals surface area contributed by atoms with E-state index in [1.165, 1.54) is 5.69 Å². The summed E-state index contributed by atoms with van der Waals surface area (Å²) in [5.41, 5.74) is 2.24. The molecule has 0 amide bonds. The summed E-state index contributed by atoms with van der Waals surface area (Å²) in [6, 6.07) is 14.5. The fourth-order valence-electron chi connectivity index (χ4n) is 6.99. The van der Waals surface area contributed by atoms with Crippen LogP contribution in [0.25, 0.3) is 0 Å². The third kappa shape index (κ3) is 5.70. The fraction of sp³-hybridized carbons (Fsp3) is 0.559. The predicted molar refractivity (Wildman–Crippen MR) is 173 cm³/mol. The van der Waals surface area contributed by atoms with Gasteiger partial charge < -0.3 is 29.9 Å². The van der Waals surface area contributed by atoms with Crippen molar-refractivity contribution >= 4 is 29.0 Å². The van der Waals surface area contributed by atoms with E-state index in [2.05, 4.69) is 86.1 Å². The van der Waals surface area contributed by atoms with Crippen molar-refractivity contribution in [1.29, 1.82) is 0 Å². The third-order valence-corrected chi connectivity index (χ3v) is 9.57. The highest BCUT2D eigenvalue weighted by Gasteiger charge is 2.55. The molecule has 0 saturated carbocycles. The minimum Gasteiger partial charge on any atom is -0.384 e. The van der Waals surface area contributed by atoms with Crippen molar-refractivity contribution in [2.45, 2.75) is 70.6 Å². The monoisotopic (exact) mass is 585 g/mol. The molecule has 5 heterocycles. The zero-order valence-electron chi connectivity index (χ0n) is 26.9. The van der Waals surface area contributed by atoms with Crippen molar-refractivity contribution < 1.29 is 9.84 Å². The number of rotatable bonds is 7. The maximum absolute atomic E-state index is 10.7. The minimum atomic E-state index is -1.05. The van der Waals surface area contributed by atoms with Gasteiger partial charge in [-0.05, 0) is 96.4 Å². The molecule has 2 fully saturated rings. The van der Waals surface area contributed by atoms with Crippen molar-refractivity contribution in [2.24, 2.45) is 11.8 Å². The van der Waals surface area contributed by atoms with E-state index in [0.717, 1.165) is 48.9 Å². The van der Waals surface area contributed by atoms with E-state index in [9.17, 15) is 5.11 Å². The van der Waals surface area contributed by atoms with Crippen LogP contribution in [-0.4, -0.2) is 76.9 Å². The summed E-state index contributed by atoms with van der Waals surface area (Å²) < 4.78 is 6.35. The lowest BCUT2D eigenvalue weighted by atomic mass is 9.73. The normalized spacial score (nSPS) is 26.5. The van der Waals surface area contributed by atoms with Crippen LogP contribution in [0.15, 0.2) is 48.7 Å². The van der Waals surface area contributed by atoms with Gasteiger partial charge in [-0.25, -0.2) is 9.97 Å². The smallest absolute Gasteiger partial charge is 0.229 e. The maximum atomic E-state index is 10.7. The zero-order valence-corrected chi connectivity index (χ0v) is 26.9. The van der Waals surface area contributed by atoms with E-state index in [1.54, 1.807) is 13.8 Å². The summed E-state index contributed by atoms with van der Waals surface area (Å²) in [4.78, 5) is 21.8. The van der Waals surface area contributed by atoms with E-state index in [-0.39, 0.29) is 17.1 Å². The number of aromatic nitrogens is 3. The Kier molecular flexibility index (Phi) is 7.42. The second kappa shape index (κ2) is 10.7. The Balaban J connectivity index is 1.29. The van der Waals surface area contributed by atoms with Gasteiger partial charge in [0.2, 0.25) is 5.95 Å². The van der Waals surface area contributed by atoms with Gasteiger partial charge in [0.1, 0.15) is 17.2 Å². The SMILES string of the molecule is C[C@@H]1CN(c2ccc(Nc3ncc4c(n3)N(c3cccc(C(C)(C)O)n3)[C@@H]3CC(C)(C)OC[C@]43C)cc2)C[C@@H]1CN(C)C. The van der Waals surface area contributed by atoms with Gasteiger partial charge in [0.25, 0.3) is 0 Å². The molecular weight excluding hydrogens is 538 g/mol. The predicted octanol–water partition coefficient (Wildman–Crippen LogP) is 5.45. The Morgan fingerprint density at radius 2 is 1.81 bits per heavy atom. The molecule has 3 aliphatic heterocycles. The standard InChI is InChI=1S/C34H47N7O2/c1-22-18-40(20-23(22)19-39(7)8)25-14-12-24(13-15-25)36-31-35-17-26-30(38-31)41(28-16-32(2,3)43-21-34(26,28)6)29-11-9-10-27(37-29)33(4,5)42/h9-15,17,22-23,28,42H,16,18-21H2,1-8H3,(H,35,36,38)/t22-,23+,28-,34-/m1/s1. The molecule has 4 atom stereocenters. The molecule has 1 aromatic carbocycles. The molecule has 43 heavy (non-hydrogen) atoms. The van der Waals surface area contributed by atoms with Crippen molar-refractivity contribution in [2.75, 3.05) is 55.5 Å². The number of pyridine rings is 1. The first-order valence-corrected chi connectivity index (χ1v) is 15.5. The highest BCUT2D eigenvalue weighted by atomic mass is 16.5. The van der Waals surface area contributed by atoms with Crippen LogP contribution < -0.4 is 15.1 Å². The van der Waals surface area contributed by atoms with Crippen LogP contribution >= 0.6 is 0 Å². The number of ether oxygens (including phenoxy) is 1. The number of nitrogens with zero attached hydrogens (tertiary/aromatic N) is 6. The van der Waals surface area contributed by atoms with Crippen LogP contribution in [0.5, 0.6) is 0 Å². The van der Waals surface area contributed by atoms with Crippen LogP contribution in [0.1, 0.15) is 59.2 Å². The molecule has 230 valence electrons. The van der Waals surface area contributed by atoms with Gasteiger partial charge in [-0.2, -0.15) is 4.98 Å². The van der Waals surface area contributed by atoms with E-state index in [1.807, 2.05) is 24.4 Å².